The summed E-state index contributed by atoms with van der Waals surface area (Å²) in [5.74, 6) is 0. The zero-order valence-corrected chi connectivity index (χ0v) is 20.0. The van der Waals surface area contributed by atoms with Crippen LogP contribution in [0, 0.1) is 13.8 Å². The van der Waals surface area contributed by atoms with Gasteiger partial charge in [0.25, 0.3) is 0 Å². The van der Waals surface area contributed by atoms with E-state index in [9.17, 15) is 0 Å². The molecule has 0 spiro atoms. The number of aryl methyl sites for hydroxylation is 2. The van der Waals surface area contributed by atoms with Crippen LogP contribution in [0.3, 0.4) is 0 Å². The van der Waals surface area contributed by atoms with E-state index in [1.165, 1.54) is 53.0 Å². The lowest BCUT2D eigenvalue weighted by Gasteiger charge is -2.22. The van der Waals surface area contributed by atoms with Crippen molar-refractivity contribution in [2.75, 3.05) is 0 Å². The quantitative estimate of drug-likeness (QED) is 0.312. The highest BCUT2D eigenvalue weighted by Crippen LogP contribution is 2.51. The third kappa shape index (κ3) is 3.95. The third-order valence-corrected chi connectivity index (χ3v) is 8.13. The molecule has 0 aliphatic heterocycles. The predicted octanol–water partition coefficient (Wildman–Crippen LogP) is 8.91. The standard InChI is InChI=1S/C29H26S2/c1-19-5-9-21(10-6-19)30-23-13-15-25-26-16-14-24(31-22-11-7-20(2)8-12-22)18-28(26)29(3,4)27(25)17-23/h5-18H,1-4H3. The minimum Gasteiger partial charge on any atom is -0.0901 e. The number of hydrogen-bond acceptors (Lipinski definition) is 2. The molecular weight excluding hydrogens is 412 g/mol. The van der Waals surface area contributed by atoms with Crippen molar-refractivity contribution in [3.8, 4) is 11.1 Å². The molecule has 0 bridgehead atoms. The molecule has 0 amide bonds. The Kier molecular flexibility index (Phi) is 5.24. The van der Waals surface area contributed by atoms with Crippen LogP contribution in [0.5, 0.6) is 0 Å². The normalized spacial score (nSPS) is 13.7. The maximum Gasteiger partial charge on any atom is 0.0159 e. The highest BCUT2D eigenvalue weighted by molar-refractivity contribution is 7.99. The van der Waals surface area contributed by atoms with Gasteiger partial charge < -0.3 is 0 Å². The van der Waals surface area contributed by atoms with Crippen LogP contribution in [0.25, 0.3) is 11.1 Å². The predicted molar refractivity (Wildman–Crippen MR) is 135 cm³/mol. The molecule has 4 aromatic rings. The van der Waals surface area contributed by atoms with E-state index in [0.29, 0.717) is 0 Å². The molecule has 0 fully saturated rings. The van der Waals surface area contributed by atoms with E-state index in [-0.39, 0.29) is 5.41 Å². The fourth-order valence-corrected chi connectivity index (χ4v) is 6.02. The Balaban J connectivity index is 1.46. The zero-order chi connectivity index (χ0) is 21.6. The van der Waals surface area contributed by atoms with E-state index < -0.39 is 0 Å². The molecular formula is C29H26S2. The molecule has 0 nitrogen and oxygen atoms in total. The summed E-state index contributed by atoms with van der Waals surface area (Å²) in [5, 5.41) is 0. The Labute approximate surface area is 194 Å². The molecule has 0 N–H and O–H groups in total. The van der Waals surface area contributed by atoms with Gasteiger partial charge in [-0.05, 0) is 84.6 Å². The van der Waals surface area contributed by atoms with Crippen molar-refractivity contribution < 1.29 is 0 Å². The fourth-order valence-electron chi connectivity index (χ4n) is 4.31. The van der Waals surface area contributed by atoms with Crippen LogP contribution in [-0.2, 0) is 5.41 Å². The first kappa shape index (κ1) is 20.5. The van der Waals surface area contributed by atoms with Crippen molar-refractivity contribution in [1.82, 2.24) is 0 Å². The Bertz CT molecular complexity index is 1150. The van der Waals surface area contributed by atoms with Crippen molar-refractivity contribution in [3.05, 3.63) is 107 Å². The van der Waals surface area contributed by atoms with Crippen LogP contribution in [0.4, 0.5) is 0 Å². The molecule has 0 unspecified atom stereocenters. The lowest BCUT2D eigenvalue weighted by Crippen LogP contribution is -2.15. The molecule has 5 rings (SSSR count). The summed E-state index contributed by atoms with van der Waals surface area (Å²) >= 11 is 3.69. The molecule has 0 aromatic heterocycles. The Morgan fingerprint density at radius 2 is 0.839 bits per heavy atom. The Hall–Kier alpha value is -2.42. The van der Waals surface area contributed by atoms with E-state index in [2.05, 4.69) is 113 Å². The second kappa shape index (κ2) is 7.93. The average Bonchev–Trinajstić information content (AvgIpc) is 2.98. The maximum absolute atomic E-state index is 2.40. The van der Waals surface area contributed by atoms with Crippen LogP contribution in [0.2, 0.25) is 0 Å². The lowest BCUT2D eigenvalue weighted by atomic mass is 9.82. The van der Waals surface area contributed by atoms with Gasteiger partial charge in [0.05, 0.1) is 0 Å². The molecule has 1 aliphatic carbocycles. The van der Waals surface area contributed by atoms with E-state index >= 15 is 0 Å². The van der Waals surface area contributed by atoms with E-state index in [4.69, 9.17) is 0 Å². The van der Waals surface area contributed by atoms with Gasteiger partial charge in [0.1, 0.15) is 0 Å². The number of rotatable bonds is 4. The summed E-state index contributed by atoms with van der Waals surface area (Å²) in [7, 11) is 0. The molecule has 0 saturated carbocycles. The van der Waals surface area contributed by atoms with Crippen LogP contribution in [-0.4, -0.2) is 0 Å². The van der Waals surface area contributed by atoms with Gasteiger partial charge in [0, 0.05) is 25.0 Å². The summed E-state index contributed by atoms with van der Waals surface area (Å²) in [5.41, 5.74) is 8.20. The molecule has 31 heavy (non-hydrogen) atoms. The first-order valence-corrected chi connectivity index (χ1v) is 12.3. The van der Waals surface area contributed by atoms with Crippen LogP contribution in [0.15, 0.2) is 105 Å². The molecule has 0 radical (unpaired) electrons. The van der Waals surface area contributed by atoms with Crippen molar-refractivity contribution in [3.63, 3.8) is 0 Å². The number of fused-ring (bicyclic) bond motifs is 3. The molecule has 154 valence electrons. The van der Waals surface area contributed by atoms with Crippen LogP contribution < -0.4 is 0 Å². The van der Waals surface area contributed by atoms with Crippen molar-refractivity contribution in [2.45, 2.75) is 52.7 Å². The number of hydrogen-bond donors (Lipinski definition) is 0. The second-order valence-electron chi connectivity index (χ2n) is 8.87. The summed E-state index contributed by atoms with van der Waals surface area (Å²) < 4.78 is 0. The maximum atomic E-state index is 2.40. The summed E-state index contributed by atoms with van der Waals surface area (Å²) in [6.45, 7) is 8.99. The topological polar surface area (TPSA) is 0 Å². The van der Waals surface area contributed by atoms with E-state index in [1.54, 1.807) is 0 Å². The molecule has 0 atom stereocenters. The van der Waals surface area contributed by atoms with Crippen molar-refractivity contribution in [2.24, 2.45) is 0 Å². The molecule has 2 heteroatoms. The van der Waals surface area contributed by atoms with Gasteiger partial charge in [0.15, 0.2) is 0 Å². The molecule has 1 aliphatic rings. The summed E-state index contributed by atoms with van der Waals surface area (Å²) in [4.78, 5) is 5.18. The van der Waals surface area contributed by atoms with Crippen molar-refractivity contribution >= 4 is 23.5 Å². The van der Waals surface area contributed by atoms with Gasteiger partial charge in [-0.25, -0.2) is 0 Å². The SMILES string of the molecule is Cc1ccc(Sc2ccc3c(c2)C(C)(C)c2cc(Sc4ccc(C)cc4)ccc2-3)cc1. The number of benzene rings is 4. The molecule has 0 heterocycles. The van der Waals surface area contributed by atoms with Gasteiger partial charge in [-0.3, -0.25) is 0 Å². The van der Waals surface area contributed by atoms with Gasteiger partial charge in [0.2, 0.25) is 0 Å². The van der Waals surface area contributed by atoms with Gasteiger partial charge in [-0.15, -0.1) is 0 Å². The van der Waals surface area contributed by atoms with E-state index in [1.807, 2.05) is 23.5 Å². The lowest BCUT2D eigenvalue weighted by molar-refractivity contribution is 0.657. The van der Waals surface area contributed by atoms with Crippen LogP contribution in [0.1, 0.15) is 36.1 Å². The van der Waals surface area contributed by atoms with Gasteiger partial charge in [-0.1, -0.05) is 84.9 Å². The molecule has 0 saturated heterocycles. The van der Waals surface area contributed by atoms with Gasteiger partial charge >= 0.3 is 0 Å². The smallest absolute Gasteiger partial charge is 0.0159 e. The monoisotopic (exact) mass is 438 g/mol. The molecule has 4 aromatic carbocycles. The fraction of sp³-hybridized carbons (Fsp3) is 0.172. The summed E-state index contributed by atoms with van der Waals surface area (Å²) in [6.07, 6.45) is 0. The highest BCUT2D eigenvalue weighted by Gasteiger charge is 2.35. The van der Waals surface area contributed by atoms with Crippen molar-refractivity contribution in [1.29, 1.82) is 0 Å². The first-order chi connectivity index (χ1) is 14.9. The van der Waals surface area contributed by atoms with E-state index in [0.717, 1.165) is 0 Å². The minimum atomic E-state index is -0.00163. The Morgan fingerprint density at radius 1 is 0.484 bits per heavy atom. The van der Waals surface area contributed by atoms with Crippen LogP contribution >= 0.6 is 23.5 Å². The summed E-state index contributed by atoms with van der Waals surface area (Å²) in [6, 6.07) is 31.5. The third-order valence-electron chi connectivity index (χ3n) is 6.13. The largest absolute Gasteiger partial charge is 0.0901 e. The first-order valence-electron chi connectivity index (χ1n) is 10.7. The highest BCUT2D eigenvalue weighted by atomic mass is 32.2. The Morgan fingerprint density at radius 3 is 1.23 bits per heavy atom. The second-order valence-corrected chi connectivity index (χ2v) is 11.2. The average molecular weight is 439 g/mol. The zero-order valence-electron chi connectivity index (χ0n) is 18.4. The van der Waals surface area contributed by atoms with Gasteiger partial charge in [-0.2, -0.15) is 0 Å². The minimum absolute atomic E-state index is 0.00163.